The van der Waals surface area contributed by atoms with Crippen LogP contribution in [0.2, 0.25) is 0 Å². The molecule has 1 aromatic carbocycles. The summed E-state index contributed by atoms with van der Waals surface area (Å²) in [5.41, 5.74) is 0.859. The van der Waals surface area contributed by atoms with E-state index < -0.39 is 0 Å². The predicted molar refractivity (Wildman–Crippen MR) is 54.6 cm³/mol. The molecule has 0 spiro atoms. The number of hydrogen-bond acceptors (Lipinski definition) is 3. The van der Waals surface area contributed by atoms with E-state index in [4.69, 9.17) is 5.26 Å². The van der Waals surface area contributed by atoms with Crippen molar-refractivity contribution in [1.82, 2.24) is 5.32 Å². The number of nitrogens with one attached hydrogen (secondary N) is 1. The first-order valence-electron chi connectivity index (χ1n) is 4.61. The van der Waals surface area contributed by atoms with Crippen LogP contribution < -0.4 is 5.32 Å². The molecule has 14 heavy (non-hydrogen) atoms. The largest absolute Gasteiger partial charge is 0.508 e. The number of phenolic OH excluding ortho intramolecular Hbond substituents is 1. The lowest BCUT2D eigenvalue weighted by molar-refractivity contribution is 0.459. The van der Waals surface area contributed by atoms with Gasteiger partial charge in [-0.05, 0) is 13.0 Å². The predicted octanol–water partition coefficient (Wildman–Crippen LogP) is 1.78. The van der Waals surface area contributed by atoms with E-state index in [-0.39, 0.29) is 6.04 Å². The van der Waals surface area contributed by atoms with Crippen molar-refractivity contribution >= 4 is 0 Å². The quantitative estimate of drug-likeness (QED) is 0.761. The number of phenols is 1. The summed E-state index contributed by atoms with van der Waals surface area (Å²) in [6, 6.07) is 9.44. The molecular weight excluding hydrogens is 176 g/mol. The number of benzene rings is 1. The maximum atomic E-state index is 9.45. The molecule has 0 saturated carbocycles. The molecule has 0 aliphatic heterocycles. The van der Waals surface area contributed by atoms with Crippen molar-refractivity contribution in [3.05, 3.63) is 29.8 Å². The molecule has 3 nitrogen and oxygen atoms in total. The van der Waals surface area contributed by atoms with Gasteiger partial charge in [-0.2, -0.15) is 5.26 Å². The van der Waals surface area contributed by atoms with Gasteiger partial charge in [-0.1, -0.05) is 18.2 Å². The van der Waals surface area contributed by atoms with Crippen LogP contribution in [-0.2, 0) is 6.54 Å². The second-order valence-electron chi connectivity index (χ2n) is 3.27. The van der Waals surface area contributed by atoms with Crippen LogP contribution in [0.25, 0.3) is 0 Å². The van der Waals surface area contributed by atoms with Gasteiger partial charge in [0.25, 0.3) is 0 Å². The van der Waals surface area contributed by atoms with Gasteiger partial charge in [0.05, 0.1) is 12.5 Å². The first-order valence-corrected chi connectivity index (χ1v) is 4.61. The van der Waals surface area contributed by atoms with Gasteiger partial charge in [0.2, 0.25) is 0 Å². The Labute approximate surface area is 84.0 Å². The third kappa shape index (κ3) is 3.08. The lowest BCUT2D eigenvalue weighted by Crippen LogP contribution is -2.24. The normalized spacial score (nSPS) is 12.0. The molecular formula is C11H14N2O. The molecule has 0 amide bonds. The van der Waals surface area contributed by atoms with Gasteiger partial charge in [-0.25, -0.2) is 0 Å². The summed E-state index contributed by atoms with van der Waals surface area (Å²) in [4.78, 5) is 0. The average Bonchev–Trinajstić information content (AvgIpc) is 2.17. The van der Waals surface area contributed by atoms with Crippen molar-refractivity contribution in [2.24, 2.45) is 0 Å². The summed E-state index contributed by atoms with van der Waals surface area (Å²) in [7, 11) is 0. The fraction of sp³-hybridized carbons (Fsp3) is 0.364. The van der Waals surface area contributed by atoms with Crippen LogP contribution in [0.1, 0.15) is 18.9 Å². The van der Waals surface area contributed by atoms with Crippen LogP contribution in [0.15, 0.2) is 24.3 Å². The Hall–Kier alpha value is -1.53. The van der Waals surface area contributed by atoms with Crippen LogP contribution in [0.5, 0.6) is 5.75 Å². The molecule has 0 bridgehead atoms. The highest BCUT2D eigenvalue weighted by atomic mass is 16.3. The van der Waals surface area contributed by atoms with Crippen molar-refractivity contribution in [3.8, 4) is 11.8 Å². The van der Waals surface area contributed by atoms with E-state index in [0.29, 0.717) is 18.7 Å². The number of para-hydroxylation sites is 1. The average molecular weight is 190 g/mol. The molecule has 2 N–H and O–H groups in total. The standard InChI is InChI=1S/C11H14N2O/c1-9(6-7-12)13-8-10-4-2-3-5-11(10)14/h2-5,9,13-14H,6,8H2,1H3. The number of aromatic hydroxyl groups is 1. The fourth-order valence-corrected chi connectivity index (χ4v) is 1.15. The van der Waals surface area contributed by atoms with E-state index in [2.05, 4.69) is 11.4 Å². The first kappa shape index (κ1) is 10.6. The summed E-state index contributed by atoms with van der Waals surface area (Å²) in [6.07, 6.45) is 0.480. The van der Waals surface area contributed by atoms with E-state index in [1.54, 1.807) is 12.1 Å². The lowest BCUT2D eigenvalue weighted by Gasteiger charge is -2.10. The summed E-state index contributed by atoms with van der Waals surface area (Å²) < 4.78 is 0. The van der Waals surface area contributed by atoms with Gasteiger partial charge in [-0.3, -0.25) is 0 Å². The molecule has 1 unspecified atom stereocenters. The molecule has 0 heterocycles. The highest BCUT2D eigenvalue weighted by Crippen LogP contribution is 2.15. The Balaban J connectivity index is 2.46. The maximum absolute atomic E-state index is 9.45. The van der Waals surface area contributed by atoms with E-state index in [9.17, 15) is 5.11 Å². The molecule has 0 aromatic heterocycles. The third-order valence-electron chi connectivity index (χ3n) is 2.03. The molecule has 1 aromatic rings. The molecule has 0 saturated heterocycles. The summed E-state index contributed by atoms with van der Waals surface area (Å²) >= 11 is 0. The minimum Gasteiger partial charge on any atom is -0.508 e. The van der Waals surface area contributed by atoms with Gasteiger partial charge in [0.1, 0.15) is 5.75 Å². The molecule has 0 aliphatic carbocycles. The van der Waals surface area contributed by atoms with Crippen LogP contribution >= 0.6 is 0 Å². The van der Waals surface area contributed by atoms with Crippen LogP contribution in [0, 0.1) is 11.3 Å². The number of nitrogens with zero attached hydrogens (tertiary/aromatic N) is 1. The minimum absolute atomic E-state index is 0.152. The van der Waals surface area contributed by atoms with Crippen LogP contribution in [-0.4, -0.2) is 11.1 Å². The van der Waals surface area contributed by atoms with Crippen LogP contribution in [0.4, 0.5) is 0 Å². The Kier molecular flexibility index (Phi) is 3.96. The summed E-state index contributed by atoms with van der Waals surface area (Å²) in [5, 5.41) is 21.1. The number of rotatable bonds is 4. The van der Waals surface area contributed by atoms with Gasteiger partial charge in [0.15, 0.2) is 0 Å². The maximum Gasteiger partial charge on any atom is 0.120 e. The molecule has 0 fully saturated rings. The highest BCUT2D eigenvalue weighted by molar-refractivity contribution is 5.31. The molecule has 0 aliphatic rings. The van der Waals surface area contributed by atoms with Crippen molar-refractivity contribution in [2.45, 2.75) is 25.9 Å². The van der Waals surface area contributed by atoms with Crippen molar-refractivity contribution in [2.75, 3.05) is 0 Å². The Bertz CT molecular complexity index is 330. The van der Waals surface area contributed by atoms with Gasteiger partial charge in [-0.15, -0.1) is 0 Å². The Morgan fingerprint density at radius 3 is 2.86 bits per heavy atom. The molecule has 1 rings (SSSR count). The second-order valence-corrected chi connectivity index (χ2v) is 3.27. The molecule has 0 radical (unpaired) electrons. The van der Waals surface area contributed by atoms with E-state index in [1.165, 1.54) is 0 Å². The molecule has 74 valence electrons. The second kappa shape index (κ2) is 5.25. The van der Waals surface area contributed by atoms with Gasteiger partial charge < -0.3 is 10.4 Å². The first-order chi connectivity index (χ1) is 6.74. The Morgan fingerprint density at radius 1 is 1.50 bits per heavy atom. The highest BCUT2D eigenvalue weighted by Gasteiger charge is 2.02. The third-order valence-corrected chi connectivity index (χ3v) is 2.03. The van der Waals surface area contributed by atoms with Crippen molar-refractivity contribution in [1.29, 1.82) is 5.26 Å². The SMILES string of the molecule is CC(CC#N)NCc1ccccc1O. The number of nitriles is 1. The monoisotopic (exact) mass is 190 g/mol. The van der Waals surface area contributed by atoms with Gasteiger partial charge >= 0.3 is 0 Å². The van der Waals surface area contributed by atoms with Crippen LogP contribution in [0.3, 0.4) is 0 Å². The summed E-state index contributed by atoms with van der Waals surface area (Å²) in [6.45, 7) is 2.54. The van der Waals surface area contributed by atoms with E-state index >= 15 is 0 Å². The van der Waals surface area contributed by atoms with E-state index in [0.717, 1.165) is 5.56 Å². The number of hydrogen-bond donors (Lipinski definition) is 2. The van der Waals surface area contributed by atoms with Crippen molar-refractivity contribution < 1.29 is 5.11 Å². The minimum atomic E-state index is 0.152. The smallest absolute Gasteiger partial charge is 0.120 e. The lowest BCUT2D eigenvalue weighted by atomic mass is 10.2. The molecule has 1 atom stereocenters. The topological polar surface area (TPSA) is 56.0 Å². The zero-order valence-electron chi connectivity index (χ0n) is 8.20. The van der Waals surface area contributed by atoms with Crippen molar-refractivity contribution in [3.63, 3.8) is 0 Å². The zero-order chi connectivity index (χ0) is 10.4. The zero-order valence-corrected chi connectivity index (χ0v) is 8.20. The van der Waals surface area contributed by atoms with Gasteiger partial charge in [0, 0.05) is 18.2 Å². The Morgan fingerprint density at radius 2 is 2.21 bits per heavy atom. The summed E-state index contributed by atoms with van der Waals surface area (Å²) in [5.74, 6) is 0.296. The molecule has 3 heteroatoms. The fourth-order valence-electron chi connectivity index (χ4n) is 1.15. The van der Waals surface area contributed by atoms with E-state index in [1.807, 2.05) is 19.1 Å².